The number of esters is 1. The van der Waals surface area contributed by atoms with Gasteiger partial charge in [-0.05, 0) is 49.9 Å². The fraction of sp³-hybridized carbons (Fsp3) is 0.423. The quantitative estimate of drug-likeness (QED) is 0.487. The first-order valence-corrected chi connectivity index (χ1v) is 10.9. The Morgan fingerprint density at radius 3 is 2.35 bits per heavy atom. The lowest BCUT2D eigenvalue weighted by molar-refractivity contribution is -0.155. The van der Waals surface area contributed by atoms with E-state index in [1.807, 2.05) is 56.3 Å². The van der Waals surface area contributed by atoms with Crippen molar-refractivity contribution in [3.63, 3.8) is 0 Å². The molecule has 0 aliphatic carbocycles. The van der Waals surface area contributed by atoms with Gasteiger partial charge in [0.05, 0.1) is 23.7 Å². The van der Waals surface area contributed by atoms with E-state index in [1.165, 1.54) is 0 Å². The average Bonchev–Trinajstić information content (AvgIpc) is 2.77. The van der Waals surface area contributed by atoms with Gasteiger partial charge in [0.1, 0.15) is 0 Å². The molecule has 0 unspecified atom stereocenters. The summed E-state index contributed by atoms with van der Waals surface area (Å²) >= 11 is 0. The molecule has 0 atom stereocenters. The van der Waals surface area contributed by atoms with Gasteiger partial charge in [-0.1, -0.05) is 55.8 Å². The van der Waals surface area contributed by atoms with Gasteiger partial charge in [0, 0.05) is 19.5 Å². The summed E-state index contributed by atoms with van der Waals surface area (Å²) in [6.07, 6.45) is 2.22. The fourth-order valence-corrected chi connectivity index (χ4v) is 3.43. The van der Waals surface area contributed by atoms with Crippen LogP contribution in [0.5, 0.6) is 0 Å². The highest BCUT2D eigenvalue weighted by Crippen LogP contribution is 2.25. The second-order valence-electron chi connectivity index (χ2n) is 8.31. The lowest BCUT2D eigenvalue weighted by Crippen LogP contribution is -2.42. The third kappa shape index (κ3) is 6.68. The zero-order valence-corrected chi connectivity index (χ0v) is 19.0. The predicted octanol–water partition coefficient (Wildman–Crippen LogP) is 5.33. The molecule has 0 bridgehead atoms. The minimum absolute atomic E-state index is 0.0399. The molecule has 0 saturated carbocycles. The standard InChI is InChI=1S/C26H32N2O3/c1-5-7-12-24(29)28(19-26(3,4)25(30)31-6-2)18-20-13-15-21(16-14-20)23-11-9-8-10-22(23)17-27/h8-11,13-16H,5-7,12,18-19H2,1-4H3. The number of unbranched alkanes of at least 4 members (excludes halogenated alkanes) is 1. The number of carbonyl (C=O) groups is 2. The summed E-state index contributed by atoms with van der Waals surface area (Å²) in [5, 5.41) is 9.34. The number of hydrogen-bond donors (Lipinski definition) is 0. The number of benzene rings is 2. The zero-order valence-electron chi connectivity index (χ0n) is 19.0. The van der Waals surface area contributed by atoms with Crippen LogP contribution in [0.1, 0.15) is 58.1 Å². The Hall–Kier alpha value is -3.13. The van der Waals surface area contributed by atoms with Crippen molar-refractivity contribution in [2.24, 2.45) is 5.41 Å². The molecular formula is C26H32N2O3. The van der Waals surface area contributed by atoms with E-state index < -0.39 is 5.41 Å². The highest BCUT2D eigenvalue weighted by Gasteiger charge is 2.33. The molecule has 31 heavy (non-hydrogen) atoms. The molecule has 0 radical (unpaired) electrons. The molecule has 164 valence electrons. The van der Waals surface area contributed by atoms with Crippen LogP contribution in [0, 0.1) is 16.7 Å². The number of nitrogens with zero attached hydrogens (tertiary/aromatic N) is 2. The van der Waals surface area contributed by atoms with Gasteiger partial charge in [0.15, 0.2) is 0 Å². The molecule has 0 spiro atoms. The normalized spacial score (nSPS) is 10.9. The van der Waals surface area contributed by atoms with Gasteiger partial charge in [0.2, 0.25) is 5.91 Å². The van der Waals surface area contributed by atoms with Crippen molar-refractivity contribution < 1.29 is 14.3 Å². The first-order valence-electron chi connectivity index (χ1n) is 10.9. The summed E-state index contributed by atoms with van der Waals surface area (Å²) < 4.78 is 5.20. The van der Waals surface area contributed by atoms with Crippen LogP contribution in [0.3, 0.4) is 0 Å². The van der Waals surface area contributed by atoms with Gasteiger partial charge in [-0.25, -0.2) is 0 Å². The van der Waals surface area contributed by atoms with Crippen molar-refractivity contribution >= 4 is 11.9 Å². The van der Waals surface area contributed by atoms with Crippen molar-refractivity contribution in [2.45, 2.75) is 53.5 Å². The summed E-state index contributed by atoms with van der Waals surface area (Å²) in [6.45, 7) is 8.50. The third-order valence-electron chi connectivity index (χ3n) is 5.20. The Balaban J connectivity index is 2.22. The van der Waals surface area contributed by atoms with Crippen molar-refractivity contribution in [3.05, 3.63) is 59.7 Å². The van der Waals surface area contributed by atoms with Gasteiger partial charge in [-0.2, -0.15) is 5.26 Å². The summed E-state index contributed by atoms with van der Waals surface area (Å²) in [5.74, 6) is -0.259. The molecule has 0 saturated heterocycles. The summed E-state index contributed by atoms with van der Waals surface area (Å²) in [4.78, 5) is 27.0. The number of hydrogen-bond acceptors (Lipinski definition) is 4. The maximum Gasteiger partial charge on any atom is 0.313 e. The Morgan fingerprint density at radius 2 is 1.74 bits per heavy atom. The maximum absolute atomic E-state index is 12.9. The first kappa shape index (κ1) is 24.1. The highest BCUT2D eigenvalue weighted by molar-refractivity contribution is 5.80. The zero-order chi connectivity index (χ0) is 22.9. The number of rotatable bonds is 10. The average molecular weight is 421 g/mol. The van der Waals surface area contributed by atoms with E-state index in [-0.39, 0.29) is 11.9 Å². The van der Waals surface area contributed by atoms with E-state index in [2.05, 4.69) is 13.0 Å². The lowest BCUT2D eigenvalue weighted by Gasteiger charge is -2.31. The fourth-order valence-electron chi connectivity index (χ4n) is 3.43. The molecule has 0 fully saturated rings. The van der Waals surface area contributed by atoms with Crippen LogP contribution in [0.15, 0.2) is 48.5 Å². The Labute approximate surface area is 185 Å². The van der Waals surface area contributed by atoms with Crippen LogP contribution in [0.25, 0.3) is 11.1 Å². The van der Waals surface area contributed by atoms with Gasteiger partial charge in [0.25, 0.3) is 0 Å². The van der Waals surface area contributed by atoms with Gasteiger partial charge >= 0.3 is 5.97 Å². The van der Waals surface area contributed by atoms with Crippen LogP contribution in [-0.4, -0.2) is 29.9 Å². The lowest BCUT2D eigenvalue weighted by atomic mass is 9.92. The number of nitriles is 1. The monoisotopic (exact) mass is 420 g/mol. The predicted molar refractivity (Wildman–Crippen MR) is 122 cm³/mol. The van der Waals surface area contributed by atoms with E-state index >= 15 is 0 Å². The van der Waals surface area contributed by atoms with E-state index in [1.54, 1.807) is 17.9 Å². The van der Waals surface area contributed by atoms with Crippen LogP contribution in [-0.2, 0) is 20.9 Å². The van der Waals surface area contributed by atoms with Crippen molar-refractivity contribution in [3.8, 4) is 17.2 Å². The Kier molecular flexibility index (Phi) is 8.81. The second kappa shape index (κ2) is 11.3. The first-order chi connectivity index (χ1) is 14.8. The largest absolute Gasteiger partial charge is 0.466 e. The van der Waals surface area contributed by atoms with Crippen molar-refractivity contribution in [1.82, 2.24) is 4.90 Å². The number of amides is 1. The molecule has 5 nitrogen and oxygen atoms in total. The summed E-state index contributed by atoms with van der Waals surface area (Å²) in [6, 6.07) is 17.6. The number of ether oxygens (including phenoxy) is 1. The Morgan fingerprint density at radius 1 is 1.06 bits per heavy atom. The van der Waals surface area contributed by atoms with Crippen molar-refractivity contribution in [2.75, 3.05) is 13.2 Å². The maximum atomic E-state index is 12.9. The highest BCUT2D eigenvalue weighted by atomic mass is 16.5. The van der Waals surface area contributed by atoms with Gasteiger partial charge in [-0.15, -0.1) is 0 Å². The Bertz CT molecular complexity index is 926. The van der Waals surface area contributed by atoms with Crippen molar-refractivity contribution in [1.29, 1.82) is 5.26 Å². The molecule has 0 aromatic heterocycles. The van der Waals surface area contributed by atoms with Crippen LogP contribution >= 0.6 is 0 Å². The molecule has 0 heterocycles. The summed E-state index contributed by atoms with van der Waals surface area (Å²) in [7, 11) is 0. The molecule has 0 aliphatic heterocycles. The van der Waals surface area contributed by atoms with Gasteiger partial charge < -0.3 is 9.64 Å². The van der Waals surface area contributed by atoms with E-state index in [0.29, 0.717) is 31.7 Å². The molecule has 0 aliphatic rings. The van der Waals surface area contributed by atoms with E-state index in [4.69, 9.17) is 4.74 Å². The SMILES string of the molecule is CCCCC(=O)N(Cc1ccc(-c2ccccc2C#N)cc1)CC(C)(C)C(=O)OCC. The minimum atomic E-state index is -0.788. The minimum Gasteiger partial charge on any atom is -0.466 e. The smallest absolute Gasteiger partial charge is 0.313 e. The van der Waals surface area contributed by atoms with Crippen LogP contribution in [0.2, 0.25) is 0 Å². The van der Waals surface area contributed by atoms with Gasteiger partial charge in [-0.3, -0.25) is 9.59 Å². The molecule has 0 N–H and O–H groups in total. The molecular weight excluding hydrogens is 388 g/mol. The second-order valence-corrected chi connectivity index (χ2v) is 8.31. The molecule has 2 rings (SSSR count). The van der Waals surface area contributed by atoms with Crippen LogP contribution < -0.4 is 0 Å². The van der Waals surface area contributed by atoms with E-state index in [9.17, 15) is 14.9 Å². The van der Waals surface area contributed by atoms with E-state index in [0.717, 1.165) is 29.5 Å². The third-order valence-corrected chi connectivity index (χ3v) is 5.20. The molecule has 1 amide bonds. The number of carbonyl (C=O) groups excluding carboxylic acids is 2. The summed E-state index contributed by atoms with van der Waals surface area (Å²) in [5.41, 5.74) is 2.65. The van der Waals surface area contributed by atoms with Crippen LogP contribution in [0.4, 0.5) is 0 Å². The molecule has 5 heteroatoms. The molecule has 2 aromatic rings. The molecule has 2 aromatic carbocycles. The topological polar surface area (TPSA) is 70.4 Å².